The van der Waals surface area contributed by atoms with Crippen molar-refractivity contribution in [3.05, 3.63) is 50.6 Å². The van der Waals surface area contributed by atoms with Gasteiger partial charge in [0.05, 0.1) is 6.04 Å². The Balaban J connectivity index is 1.69. The van der Waals surface area contributed by atoms with Crippen LogP contribution in [0.1, 0.15) is 41.2 Å². The maximum Gasteiger partial charge on any atom is 0.271 e. The first kappa shape index (κ1) is 17.8. The van der Waals surface area contributed by atoms with Crippen molar-refractivity contribution in [1.29, 1.82) is 0 Å². The molecule has 1 aliphatic heterocycles. The van der Waals surface area contributed by atoms with E-state index in [9.17, 15) is 9.59 Å². The van der Waals surface area contributed by atoms with E-state index in [1.807, 2.05) is 0 Å². The van der Waals surface area contributed by atoms with Crippen molar-refractivity contribution in [2.75, 3.05) is 19.6 Å². The first-order chi connectivity index (χ1) is 12.0. The Bertz CT molecular complexity index is 764. The van der Waals surface area contributed by atoms with Crippen LogP contribution in [0.5, 0.6) is 0 Å². The summed E-state index contributed by atoms with van der Waals surface area (Å²) in [4.78, 5) is 27.6. The average Bonchev–Trinajstić information content (AvgIpc) is 3.13. The highest BCUT2D eigenvalue weighted by Crippen LogP contribution is 2.29. The lowest BCUT2D eigenvalue weighted by molar-refractivity contribution is 0.0908. The number of amides is 1. The fourth-order valence-corrected chi connectivity index (χ4v) is 3.99. The second-order valence-electron chi connectivity index (χ2n) is 6.64. The summed E-state index contributed by atoms with van der Waals surface area (Å²) >= 11 is 1.72. The zero-order valence-electron chi connectivity index (χ0n) is 14.6. The number of aromatic nitrogens is 2. The van der Waals surface area contributed by atoms with Crippen molar-refractivity contribution in [2.24, 2.45) is 13.0 Å². The SMILES string of the molecule is CC1CCN([C@@H](CNC(=O)c2ccc(=O)n(C)n2)c2cccs2)CC1. The number of piperidine rings is 1. The first-order valence-corrected chi connectivity index (χ1v) is 9.52. The van der Waals surface area contributed by atoms with Gasteiger partial charge in [-0.25, -0.2) is 4.68 Å². The maximum absolute atomic E-state index is 12.4. The van der Waals surface area contributed by atoms with E-state index in [1.165, 1.54) is 34.5 Å². The van der Waals surface area contributed by atoms with Gasteiger partial charge in [-0.3, -0.25) is 14.5 Å². The Morgan fingerprint density at radius 1 is 1.36 bits per heavy atom. The number of hydrogen-bond acceptors (Lipinski definition) is 5. The molecule has 0 spiro atoms. The van der Waals surface area contributed by atoms with Crippen LogP contribution in [0, 0.1) is 5.92 Å². The highest BCUT2D eigenvalue weighted by Gasteiger charge is 2.26. The summed E-state index contributed by atoms with van der Waals surface area (Å²) in [6.07, 6.45) is 2.39. The monoisotopic (exact) mass is 360 g/mol. The zero-order valence-corrected chi connectivity index (χ0v) is 15.5. The Morgan fingerprint density at radius 3 is 2.76 bits per heavy atom. The third-order valence-electron chi connectivity index (χ3n) is 4.78. The van der Waals surface area contributed by atoms with Crippen molar-refractivity contribution in [3.63, 3.8) is 0 Å². The van der Waals surface area contributed by atoms with Gasteiger partial charge in [0.1, 0.15) is 5.69 Å². The first-order valence-electron chi connectivity index (χ1n) is 8.64. The minimum absolute atomic E-state index is 0.184. The van der Waals surface area contributed by atoms with Crippen LogP contribution in [-0.4, -0.2) is 40.2 Å². The van der Waals surface area contributed by atoms with E-state index in [1.54, 1.807) is 18.4 Å². The van der Waals surface area contributed by atoms with E-state index in [-0.39, 0.29) is 23.2 Å². The Labute approximate surface area is 151 Å². The summed E-state index contributed by atoms with van der Waals surface area (Å²) < 4.78 is 1.18. The minimum atomic E-state index is -0.248. The standard InChI is InChI=1S/C18H24N4O2S/c1-13-7-9-22(10-8-13)15(16-4-3-11-25-16)12-19-18(24)14-5-6-17(23)21(2)20-14/h3-6,11,13,15H,7-10,12H2,1-2H3,(H,19,24)/t15-/m0/s1. The number of nitrogens with one attached hydrogen (secondary N) is 1. The quantitative estimate of drug-likeness (QED) is 0.886. The molecule has 0 aliphatic carbocycles. The van der Waals surface area contributed by atoms with Gasteiger partial charge in [0, 0.05) is 24.5 Å². The average molecular weight is 360 g/mol. The maximum atomic E-state index is 12.4. The van der Waals surface area contributed by atoms with Gasteiger partial charge < -0.3 is 5.32 Å². The topological polar surface area (TPSA) is 67.2 Å². The van der Waals surface area contributed by atoms with E-state index >= 15 is 0 Å². The minimum Gasteiger partial charge on any atom is -0.349 e. The molecule has 1 aliphatic rings. The van der Waals surface area contributed by atoms with Crippen molar-refractivity contribution >= 4 is 17.2 Å². The van der Waals surface area contributed by atoms with Crippen LogP contribution in [0.3, 0.4) is 0 Å². The molecule has 0 unspecified atom stereocenters. The highest BCUT2D eigenvalue weighted by atomic mass is 32.1. The molecule has 3 rings (SSSR count). The van der Waals surface area contributed by atoms with Crippen molar-refractivity contribution < 1.29 is 4.79 Å². The van der Waals surface area contributed by atoms with E-state index in [4.69, 9.17) is 0 Å². The molecule has 7 heteroatoms. The number of rotatable bonds is 5. The van der Waals surface area contributed by atoms with Crippen LogP contribution < -0.4 is 10.9 Å². The van der Waals surface area contributed by atoms with Crippen LogP contribution in [0.4, 0.5) is 0 Å². The van der Waals surface area contributed by atoms with E-state index < -0.39 is 0 Å². The second-order valence-corrected chi connectivity index (χ2v) is 7.62. The van der Waals surface area contributed by atoms with E-state index in [0.29, 0.717) is 6.54 Å². The highest BCUT2D eigenvalue weighted by molar-refractivity contribution is 7.10. The second kappa shape index (κ2) is 7.93. The molecule has 0 saturated carbocycles. The third-order valence-corrected chi connectivity index (χ3v) is 5.75. The summed E-state index contributed by atoms with van der Waals surface area (Å²) in [5.41, 5.74) is 0.0368. The Morgan fingerprint density at radius 2 is 2.12 bits per heavy atom. The van der Waals surface area contributed by atoms with Gasteiger partial charge in [0.2, 0.25) is 0 Å². The molecule has 2 aromatic rings. The van der Waals surface area contributed by atoms with Gasteiger partial charge in [0.15, 0.2) is 0 Å². The molecule has 0 radical (unpaired) electrons. The number of nitrogens with zero attached hydrogens (tertiary/aromatic N) is 3. The number of aryl methyl sites for hydroxylation is 1. The Hall–Kier alpha value is -1.99. The van der Waals surface area contributed by atoms with Crippen LogP contribution in [0.25, 0.3) is 0 Å². The van der Waals surface area contributed by atoms with E-state index in [0.717, 1.165) is 19.0 Å². The predicted octanol–water partition coefficient (Wildman–Crippen LogP) is 2.04. The molecule has 3 heterocycles. The van der Waals surface area contributed by atoms with Gasteiger partial charge in [0.25, 0.3) is 11.5 Å². The largest absolute Gasteiger partial charge is 0.349 e. The van der Waals surface area contributed by atoms with Gasteiger partial charge in [-0.05, 0) is 49.4 Å². The molecule has 1 amide bonds. The van der Waals surface area contributed by atoms with Crippen molar-refractivity contribution in [2.45, 2.75) is 25.8 Å². The molecule has 1 N–H and O–H groups in total. The van der Waals surface area contributed by atoms with Crippen LogP contribution in [0.15, 0.2) is 34.4 Å². The number of carbonyl (C=O) groups excluding carboxylic acids is 1. The number of thiophene rings is 1. The molecule has 1 atom stereocenters. The summed E-state index contributed by atoms with van der Waals surface area (Å²) in [6.45, 7) is 4.94. The Kier molecular flexibility index (Phi) is 5.65. The lowest BCUT2D eigenvalue weighted by Crippen LogP contribution is -2.42. The fourth-order valence-electron chi connectivity index (χ4n) is 3.13. The van der Waals surface area contributed by atoms with E-state index in [2.05, 4.69) is 39.8 Å². The van der Waals surface area contributed by atoms with Crippen molar-refractivity contribution in [1.82, 2.24) is 20.0 Å². The molecule has 1 saturated heterocycles. The molecule has 0 bridgehead atoms. The normalized spacial score (nSPS) is 17.4. The van der Waals surface area contributed by atoms with Crippen LogP contribution in [-0.2, 0) is 7.05 Å². The summed E-state index contributed by atoms with van der Waals surface area (Å²) in [7, 11) is 1.54. The van der Waals surface area contributed by atoms with Crippen molar-refractivity contribution in [3.8, 4) is 0 Å². The molecule has 2 aromatic heterocycles. The van der Waals surface area contributed by atoms with Crippen LogP contribution in [0.2, 0.25) is 0 Å². The predicted molar refractivity (Wildman–Crippen MR) is 98.8 cm³/mol. The molecule has 6 nitrogen and oxygen atoms in total. The fraction of sp³-hybridized carbons (Fsp3) is 0.500. The van der Waals surface area contributed by atoms with Gasteiger partial charge >= 0.3 is 0 Å². The smallest absolute Gasteiger partial charge is 0.271 e. The number of likely N-dealkylation sites (tertiary alicyclic amines) is 1. The zero-order chi connectivity index (χ0) is 17.8. The van der Waals surface area contributed by atoms with Crippen LogP contribution >= 0.6 is 11.3 Å². The lowest BCUT2D eigenvalue weighted by atomic mass is 9.97. The molecule has 25 heavy (non-hydrogen) atoms. The summed E-state index contributed by atoms with van der Waals surface area (Å²) in [6, 6.07) is 7.20. The molecular weight excluding hydrogens is 336 g/mol. The molecule has 134 valence electrons. The lowest BCUT2D eigenvalue weighted by Gasteiger charge is -2.36. The number of hydrogen-bond donors (Lipinski definition) is 1. The summed E-state index contributed by atoms with van der Waals surface area (Å²) in [5, 5.41) is 9.08. The molecule has 0 aromatic carbocycles. The summed E-state index contributed by atoms with van der Waals surface area (Å²) in [5.74, 6) is 0.521. The van der Waals surface area contributed by atoms with Gasteiger partial charge in [-0.1, -0.05) is 13.0 Å². The van der Waals surface area contributed by atoms with Gasteiger partial charge in [-0.15, -0.1) is 11.3 Å². The molecular formula is C18H24N4O2S. The third kappa shape index (κ3) is 4.35. The molecule has 1 fully saturated rings. The number of carbonyl (C=O) groups is 1. The van der Waals surface area contributed by atoms with Gasteiger partial charge in [-0.2, -0.15) is 5.10 Å².